The Kier molecular flexibility index (Phi) is 5.67. The van der Waals surface area contributed by atoms with E-state index in [0.717, 1.165) is 5.56 Å². The topological polar surface area (TPSA) is 105 Å². The fraction of sp³-hybridized carbons (Fsp3) is 0.250. The van der Waals surface area contributed by atoms with Gasteiger partial charge in [-0.1, -0.05) is 23.4 Å². The average molecular weight is 332 g/mol. The highest BCUT2D eigenvalue weighted by atomic mass is 16.6. The van der Waals surface area contributed by atoms with Gasteiger partial charge in [0.15, 0.2) is 12.3 Å². The Morgan fingerprint density at radius 3 is 2.67 bits per heavy atom. The maximum absolute atomic E-state index is 11.2. The SMILES string of the molecule is CCOC(=O)COc1ccc(/C=C/c2onc(C)c2[N+](=O)[O-])cc1. The quantitative estimate of drug-likeness (QED) is 0.436. The Morgan fingerprint density at radius 1 is 1.33 bits per heavy atom. The van der Waals surface area contributed by atoms with Crippen LogP contribution >= 0.6 is 0 Å². The van der Waals surface area contributed by atoms with Gasteiger partial charge in [0, 0.05) is 0 Å². The highest BCUT2D eigenvalue weighted by molar-refractivity contribution is 5.72. The molecule has 2 rings (SSSR count). The lowest BCUT2D eigenvalue weighted by Gasteiger charge is -2.05. The van der Waals surface area contributed by atoms with Crippen molar-refractivity contribution < 1.29 is 23.7 Å². The van der Waals surface area contributed by atoms with Crippen LogP contribution in [-0.2, 0) is 9.53 Å². The molecule has 0 N–H and O–H groups in total. The van der Waals surface area contributed by atoms with Gasteiger partial charge in [-0.15, -0.1) is 0 Å². The van der Waals surface area contributed by atoms with E-state index in [1.165, 1.54) is 13.0 Å². The Hall–Kier alpha value is -3.16. The Bertz CT molecular complexity index is 748. The lowest BCUT2D eigenvalue weighted by molar-refractivity contribution is -0.386. The molecule has 0 saturated carbocycles. The van der Waals surface area contributed by atoms with Crippen LogP contribution in [0.3, 0.4) is 0 Å². The lowest BCUT2D eigenvalue weighted by Crippen LogP contribution is -2.14. The summed E-state index contributed by atoms with van der Waals surface area (Å²) in [7, 11) is 0. The smallest absolute Gasteiger partial charge is 0.344 e. The molecular formula is C16H16N2O6. The zero-order valence-corrected chi connectivity index (χ0v) is 13.2. The first-order valence-corrected chi connectivity index (χ1v) is 7.18. The van der Waals surface area contributed by atoms with Crippen molar-refractivity contribution in [1.82, 2.24) is 5.16 Å². The molecule has 0 aliphatic carbocycles. The van der Waals surface area contributed by atoms with E-state index in [2.05, 4.69) is 5.16 Å². The first kappa shape index (κ1) is 17.2. The maximum atomic E-state index is 11.2. The lowest BCUT2D eigenvalue weighted by atomic mass is 10.2. The van der Waals surface area contributed by atoms with Crippen molar-refractivity contribution in [2.75, 3.05) is 13.2 Å². The second kappa shape index (κ2) is 7.91. The number of esters is 1. The number of rotatable bonds is 7. The van der Waals surface area contributed by atoms with E-state index >= 15 is 0 Å². The third-order valence-corrected chi connectivity index (χ3v) is 3.01. The van der Waals surface area contributed by atoms with Gasteiger partial charge in [-0.3, -0.25) is 10.1 Å². The van der Waals surface area contributed by atoms with Crippen LogP contribution < -0.4 is 4.74 Å². The number of nitrogens with zero attached hydrogens (tertiary/aromatic N) is 2. The summed E-state index contributed by atoms with van der Waals surface area (Å²) < 4.78 is 15.0. The Balaban J connectivity index is 2.01. The first-order chi connectivity index (χ1) is 11.5. The predicted molar refractivity (Wildman–Crippen MR) is 85.4 cm³/mol. The fourth-order valence-corrected chi connectivity index (χ4v) is 1.91. The van der Waals surface area contributed by atoms with Crippen molar-refractivity contribution in [3.05, 3.63) is 51.4 Å². The maximum Gasteiger partial charge on any atom is 0.344 e. The van der Waals surface area contributed by atoms with Gasteiger partial charge in [-0.05, 0) is 37.6 Å². The zero-order valence-electron chi connectivity index (χ0n) is 13.2. The molecule has 0 radical (unpaired) electrons. The number of benzene rings is 1. The van der Waals surface area contributed by atoms with Crippen LogP contribution in [0.4, 0.5) is 5.69 Å². The zero-order chi connectivity index (χ0) is 17.5. The standard InChI is InChI=1S/C16H16N2O6/c1-3-22-15(19)10-23-13-7-4-12(5-8-13)6-9-14-16(18(20)21)11(2)17-24-14/h4-9H,3,10H2,1-2H3/b9-6+. The van der Waals surface area contributed by atoms with Crippen molar-refractivity contribution in [1.29, 1.82) is 0 Å². The molecule has 24 heavy (non-hydrogen) atoms. The minimum atomic E-state index is -0.530. The minimum absolute atomic E-state index is 0.0835. The third-order valence-electron chi connectivity index (χ3n) is 3.01. The molecule has 0 atom stereocenters. The summed E-state index contributed by atoms with van der Waals surface area (Å²) in [6, 6.07) is 6.84. The monoisotopic (exact) mass is 332 g/mol. The number of carbonyl (C=O) groups is 1. The van der Waals surface area contributed by atoms with Gasteiger partial charge in [0.05, 0.1) is 11.5 Å². The number of ether oxygens (including phenoxy) is 2. The summed E-state index contributed by atoms with van der Waals surface area (Å²) in [5, 5.41) is 14.5. The van der Waals surface area contributed by atoms with Gasteiger partial charge in [0.25, 0.3) is 0 Å². The summed E-state index contributed by atoms with van der Waals surface area (Å²) >= 11 is 0. The van der Waals surface area contributed by atoms with Gasteiger partial charge in [-0.25, -0.2) is 4.79 Å². The second-order valence-corrected chi connectivity index (χ2v) is 4.73. The number of hydrogen-bond acceptors (Lipinski definition) is 7. The number of hydrogen-bond donors (Lipinski definition) is 0. The van der Waals surface area contributed by atoms with Crippen LogP contribution in [0.1, 0.15) is 23.9 Å². The molecule has 0 amide bonds. The van der Waals surface area contributed by atoms with Gasteiger partial charge in [0.1, 0.15) is 5.75 Å². The van der Waals surface area contributed by atoms with Crippen LogP contribution in [-0.4, -0.2) is 29.3 Å². The summed E-state index contributed by atoms with van der Waals surface area (Å²) in [5.41, 5.74) is 0.852. The average Bonchev–Trinajstić information content (AvgIpc) is 2.93. The number of aromatic nitrogens is 1. The molecule has 2 aromatic rings. The van der Waals surface area contributed by atoms with Crippen LogP contribution in [0.2, 0.25) is 0 Å². The molecular weight excluding hydrogens is 316 g/mol. The van der Waals surface area contributed by atoms with Crippen LogP contribution in [0, 0.1) is 17.0 Å². The third kappa shape index (κ3) is 4.42. The number of nitro groups is 1. The van der Waals surface area contributed by atoms with Gasteiger partial charge in [0.2, 0.25) is 5.76 Å². The van der Waals surface area contributed by atoms with Crippen molar-refractivity contribution in [3.8, 4) is 5.75 Å². The van der Waals surface area contributed by atoms with E-state index in [-0.39, 0.29) is 23.7 Å². The molecule has 8 heteroatoms. The minimum Gasteiger partial charge on any atom is -0.482 e. The van der Waals surface area contributed by atoms with Crippen molar-refractivity contribution in [2.45, 2.75) is 13.8 Å². The molecule has 1 aromatic heterocycles. The fourth-order valence-electron chi connectivity index (χ4n) is 1.91. The molecule has 0 saturated heterocycles. The number of aryl methyl sites for hydroxylation is 1. The molecule has 1 aromatic carbocycles. The van der Waals surface area contributed by atoms with Gasteiger partial charge in [-0.2, -0.15) is 0 Å². The van der Waals surface area contributed by atoms with E-state index in [1.54, 1.807) is 37.3 Å². The largest absolute Gasteiger partial charge is 0.482 e. The molecule has 0 spiro atoms. The van der Waals surface area contributed by atoms with Gasteiger partial charge < -0.3 is 14.0 Å². The molecule has 0 unspecified atom stereocenters. The van der Waals surface area contributed by atoms with Gasteiger partial charge >= 0.3 is 11.7 Å². The summed E-state index contributed by atoms with van der Waals surface area (Å²) in [6.07, 6.45) is 3.13. The molecule has 0 bridgehead atoms. The highest BCUT2D eigenvalue weighted by Gasteiger charge is 2.21. The van der Waals surface area contributed by atoms with E-state index in [1.807, 2.05) is 0 Å². The van der Waals surface area contributed by atoms with E-state index < -0.39 is 10.9 Å². The van der Waals surface area contributed by atoms with E-state index in [0.29, 0.717) is 12.4 Å². The molecule has 0 aliphatic rings. The van der Waals surface area contributed by atoms with Crippen LogP contribution in [0.25, 0.3) is 12.2 Å². The molecule has 126 valence electrons. The summed E-state index contributed by atoms with van der Waals surface area (Å²) in [5.74, 6) is 0.163. The second-order valence-electron chi connectivity index (χ2n) is 4.73. The van der Waals surface area contributed by atoms with Crippen molar-refractivity contribution >= 4 is 23.8 Å². The molecule has 0 aliphatic heterocycles. The van der Waals surface area contributed by atoms with Crippen molar-refractivity contribution in [2.24, 2.45) is 0 Å². The van der Waals surface area contributed by atoms with Crippen LogP contribution in [0.5, 0.6) is 5.75 Å². The Morgan fingerprint density at radius 2 is 2.04 bits per heavy atom. The summed E-state index contributed by atoms with van der Waals surface area (Å²) in [4.78, 5) is 21.6. The Labute approximate surface area is 137 Å². The van der Waals surface area contributed by atoms with Crippen molar-refractivity contribution in [3.63, 3.8) is 0 Å². The first-order valence-electron chi connectivity index (χ1n) is 7.18. The van der Waals surface area contributed by atoms with E-state index in [9.17, 15) is 14.9 Å². The normalized spacial score (nSPS) is 10.8. The molecule has 1 heterocycles. The summed E-state index contributed by atoms with van der Waals surface area (Å²) in [6.45, 7) is 3.37. The molecule has 0 fully saturated rings. The number of carbonyl (C=O) groups excluding carboxylic acids is 1. The van der Waals surface area contributed by atoms with E-state index in [4.69, 9.17) is 14.0 Å². The van der Waals surface area contributed by atoms with Crippen LogP contribution in [0.15, 0.2) is 28.8 Å². The molecule has 8 nitrogen and oxygen atoms in total. The highest BCUT2D eigenvalue weighted by Crippen LogP contribution is 2.24. The predicted octanol–water partition coefficient (Wildman–Crippen LogP) is 3.00.